The number of rotatable bonds is 10. The summed E-state index contributed by atoms with van der Waals surface area (Å²) in [5, 5.41) is 10.2. The molecule has 2 aliphatic rings. The van der Waals surface area contributed by atoms with E-state index in [0.29, 0.717) is 18.7 Å². The van der Waals surface area contributed by atoms with Crippen molar-refractivity contribution in [2.75, 3.05) is 50.5 Å². The quantitative estimate of drug-likeness (QED) is 0.280. The van der Waals surface area contributed by atoms with Gasteiger partial charge in [0.25, 0.3) is 0 Å². The van der Waals surface area contributed by atoms with E-state index in [1.165, 1.54) is 5.56 Å². The van der Waals surface area contributed by atoms with E-state index < -0.39 is 0 Å². The van der Waals surface area contributed by atoms with Gasteiger partial charge in [-0.25, -0.2) is 19.9 Å². The summed E-state index contributed by atoms with van der Waals surface area (Å²) < 4.78 is 11.1. The highest BCUT2D eigenvalue weighted by Gasteiger charge is 2.20. The molecule has 0 aliphatic carbocycles. The molecule has 4 heterocycles. The van der Waals surface area contributed by atoms with E-state index in [1.807, 2.05) is 45.9 Å². The molecular formula is C33H48N8O2. The molecule has 0 atom stereocenters. The molecule has 0 bridgehead atoms. The van der Waals surface area contributed by atoms with E-state index >= 15 is 0 Å². The van der Waals surface area contributed by atoms with Crippen molar-refractivity contribution in [3.05, 3.63) is 71.3 Å². The molecule has 2 aromatic heterocycles. The van der Waals surface area contributed by atoms with E-state index in [1.54, 1.807) is 13.2 Å². The van der Waals surface area contributed by atoms with Crippen LogP contribution in [0.3, 0.4) is 0 Å². The first-order valence-electron chi connectivity index (χ1n) is 15.3. The molecule has 0 unspecified atom stereocenters. The van der Waals surface area contributed by atoms with Crippen LogP contribution >= 0.6 is 0 Å². The number of aryl methyl sites for hydroxylation is 4. The number of anilines is 2. The molecule has 232 valence electrons. The topological polar surface area (TPSA) is 109 Å². The van der Waals surface area contributed by atoms with Crippen LogP contribution in [0.2, 0.25) is 0 Å². The lowest BCUT2D eigenvalue weighted by molar-refractivity contribution is 0.210. The molecule has 0 saturated carbocycles. The largest absolute Gasteiger partial charge is 0.493 e. The van der Waals surface area contributed by atoms with Gasteiger partial charge in [0.15, 0.2) is 11.5 Å². The highest BCUT2D eigenvalue weighted by atomic mass is 16.5. The summed E-state index contributed by atoms with van der Waals surface area (Å²) in [6.45, 7) is 17.3. The first-order valence-corrected chi connectivity index (χ1v) is 15.3. The molecule has 1 aromatic carbocycles. The van der Waals surface area contributed by atoms with E-state index in [9.17, 15) is 0 Å². The molecule has 3 N–H and O–H groups in total. The lowest BCUT2D eigenvalue weighted by Gasteiger charge is -2.32. The van der Waals surface area contributed by atoms with Crippen molar-refractivity contribution in [1.29, 1.82) is 0 Å². The third kappa shape index (κ3) is 10.5. The Hall–Kier alpha value is -3.76. The standard InChI is InChI=1S/C22H30N4O2.C11H18N4/c1-5-12-28-21-14-18(6-7-20(21)27-4)15-26-10-8-19(9-11-26)25-22-23-16(2)13-17(3)24-22;1-8-7-9(2)14-11(13-8)15-10-3-5-12-6-4-10/h5-7,13-14,19H,1,8-12,15H2,2-4H3,(H,23,24,25);7,10,12H,3-6H2,1-2H3,(H,13,14,15). The maximum atomic E-state index is 5.72. The molecule has 10 nitrogen and oxygen atoms in total. The Labute approximate surface area is 256 Å². The predicted molar refractivity (Wildman–Crippen MR) is 173 cm³/mol. The zero-order valence-electron chi connectivity index (χ0n) is 26.4. The second-order valence-electron chi connectivity index (χ2n) is 11.4. The van der Waals surface area contributed by atoms with Gasteiger partial charge >= 0.3 is 0 Å². The highest BCUT2D eigenvalue weighted by Crippen LogP contribution is 2.29. The third-order valence-electron chi connectivity index (χ3n) is 7.55. The minimum atomic E-state index is 0.416. The summed E-state index contributed by atoms with van der Waals surface area (Å²) in [7, 11) is 1.66. The highest BCUT2D eigenvalue weighted by molar-refractivity contribution is 5.43. The van der Waals surface area contributed by atoms with E-state index in [4.69, 9.17) is 9.47 Å². The van der Waals surface area contributed by atoms with Crippen molar-refractivity contribution < 1.29 is 9.47 Å². The number of piperidine rings is 2. The van der Waals surface area contributed by atoms with Crippen LogP contribution in [0.15, 0.2) is 43.0 Å². The lowest BCUT2D eigenvalue weighted by Crippen LogP contribution is -2.39. The van der Waals surface area contributed by atoms with Crippen LogP contribution in [0.25, 0.3) is 0 Å². The number of ether oxygens (including phenoxy) is 2. The molecule has 2 fully saturated rings. The van der Waals surface area contributed by atoms with Gasteiger partial charge in [0.1, 0.15) is 6.61 Å². The molecule has 0 amide bonds. The maximum Gasteiger partial charge on any atom is 0.223 e. The van der Waals surface area contributed by atoms with Crippen molar-refractivity contribution in [2.45, 2.75) is 72.0 Å². The fourth-order valence-corrected chi connectivity index (χ4v) is 5.49. The summed E-state index contributed by atoms with van der Waals surface area (Å²) in [6, 6.07) is 11.1. The summed E-state index contributed by atoms with van der Waals surface area (Å²) in [5.41, 5.74) is 5.28. The van der Waals surface area contributed by atoms with E-state index in [2.05, 4.69) is 59.5 Å². The van der Waals surface area contributed by atoms with Gasteiger partial charge in [-0.2, -0.15) is 0 Å². The summed E-state index contributed by atoms with van der Waals surface area (Å²) in [5.74, 6) is 3.04. The normalized spacial score (nSPS) is 16.1. The Morgan fingerprint density at radius 3 is 1.86 bits per heavy atom. The Kier molecular flexibility index (Phi) is 12.1. The summed E-state index contributed by atoms with van der Waals surface area (Å²) in [6.07, 6.45) is 6.19. The van der Waals surface area contributed by atoms with E-state index in [-0.39, 0.29) is 0 Å². The number of nitrogens with zero attached hydrogens (tertiary/aromatic N) is 5. The van der Waals surface area contributed by atoms with Crippen LogP contribution in [0, 0.1) is 27.7 Å². The Morgan fingerprint density at radius 2 is 1.35 bits per heavy atom. The number of benzene rings is 1. The van der Waals surface area contributed by atoms with Gasteiger partial charge in [-0.1, -0.05) is 18.7 Å². The van der Waals surface area contributed by atoms with Crippen LogP contribution in [-0.4, -0.2) is 76.8 Å². The average molecular weight is 589 g/mol. The van der Waals surface area contributed by atoms with Crippen LogP contribution in [0.4, 0.5) is 11.9 Å². The van der Waals surface area contributed by atoms with Crippen molar-refractivity contribution >= 4 is 11.9 Å². The van der Waals surface area contributed by atoms with Gasteiger partial charge in [-0.3, -0.25) is 4.90 Å². The molecule has 2 aliphatic heterocycles. The molecular weight excluding hydrogens is 540 g/mol. The number of hydrogen-bond donors (Lipinski definition) is 3. The van der Waals surface area contributed by atoms with Gasteiger partial charge in [0.2, 0.25) is 11.9 Å². The number of hydrogen-bond acceptors (Lipinski definition) is 10. The SMILES string of the molecule is C=CCOc1cc(CN2CCC(Nc3nc(C)cc(C)n3)CC2)ccc1OC.Cc1cc(C)nc(NC2CCNCC2)n1. The third-order valence-corrected chi connectivity index (χ3v) is 7.55. The van der Waals surface area contributed by atoms with Crippen LogP contribution < -0.4 is 25.4 Å². The second-order valence-corrected chi connectivity index (χ2v) is 11.4. The minimum absolute atomic E-state index is 0.416. The first-order chi connectivity index (χ1) is 20.8. The van der Waals surface area contributed by atoms with Gasteiger partial charge in [0.05, 0.1) is 7.11 Å². The number of aromatic nitrogens is 4. The van der Waals surface area contributed by atoms with Crippen LogP contribution in [0.5, 0.6) is 11.5 Å². The zero-order valence-corrected chi connectivity index (χ0v) is 26.4. The molecule has 0 radical (unpaired) electrons. The molecule has 0 spiro atoms. The summed E-state index contributed by atoms with van der Waals surface area (Å²) >= 11 is 0. The van der Waals surface area contributed by atoms with E-state index in [0.717, 1.165) is 105 Å². The van der Waals surface area contributed by atoms with Crippen molar-refractivity contribution in [3.8, 4) is 11.5 Å². The Balaban J connectivity index is 0.000000237. The van der Waals surface area contributed by atoms with Crippen LogP contribution in [-0.2, 0) is 6.54 Å². The molecule has 10 heteroatoms. The van der Waals surface area contributed by atoms with Crippen molar-refractivity contribution in [1.82, 2.24) is 30.2 Å². The fraction of sp³-hybridized carbons (Fsp3) is 0.515. The predicted octanol–water partition coefficient (Wildman–Crippen LogP) is 5.00. The maximum absolute atomic E-state index is 5.72. The molecule has 5 rings (SSSR count). The monoisotopic (exact) mass is 588 g/mol. The molecule has 43 heavy (non-hydrogen) atoms. The number of methoxy groups -OCH3 is 1. The summed E-state index contributed by atoms with van der Waals surface area (Å²) in [4.78, 5) is 20.2. The molecule has 2 saturated heterocycles. The zero-order chi connectivity index (χ0) is 30.6. The van der Waals surface area contributed by atoms with Gasteiger partial charge in [-0.05, 0) is 96.3 Å². The fourth-order valence-electron chi connectivity index (χ4n) is 5.49. The van der Waals surface area contributed by atoms with Crippen LogP contribution in [0.1, 0.15) is 54.0 Å². The number of likely N-dealkylation sites (tertiary alicyclic amines) is 1. The lowest BCUT2D eigenvalue weighted by atomic mass is 10.0. The van der Waals surface area contributed by atoms with Gasteiger partial charge < -0.3 is 25.4 Å². The minimum Gasteiger partial charge on any atom is -0.493 e. The Morgan fingerprint density at radius 1 is 0.814 bits per heavy atom. The van der Waals surface area contributed by atoms with Gasteiger partial charge in [-0.15, -0.1) is 0 Å². The molecule has 3 aromatic rings. The number of nitrogens with one attached hydrogen (secondary N) is 3. The smallest absolute Gasteiger partial charge is 0.223 e. The van der Waals surface area contributed by atoms with Gasteiger partial charge in [0, 0.05) is 54.5 Å². The average Bonchev–Trinajstić information content (AvgIpc) is 2.97. The van der Waals surface area contributed by atoms with Crippen molar-refractivity contribution in [2.24, 2.45) is 0 Å². The van der Waals surface area contributed by atoms with Crippen molar-refractivity contribution in [3.63, 3.8) is 0 Å². The first kappa shape index (κ1) is 32.2. The Bertz CT molecular complexity index is 1280. The second kappa shape index (κ2) is 16.2.